The quantitative estimate of drug-likeness (QED) is 0.309. The molecule has 192 valence electrons. The molecule has 0 unspecified atom stereocenters. The van der Waals surface area contributed by atoms with Crippen LogP contribution in [-0.2, 0) is 5.41 Å². The summed E-state index contributed by atoms with van der Waals surface area (Å²) in [6.07, 6.45) is 18.8. The average Bonchev–Trinajstić information content (AvgIpc) is 3.18. The number of nitrogens with zero attached hydrogens (tertiary/aromatic N) is 1. The lowest BCUT2D eigenvalue weighted by atomic mass is 9.60. The van der Waals surface area contributed by atoms with Gasteiger partial charge in [0.2, 0.25) is 0 Å². The van der Waals surface area contributed by atoms with E-state index >= 15 is 0 Å². The SMILES string of the molecule is C1=CCC=C2CCCC2=C1.CC.CC.CC(C)C/C(=N\S)C1(c2ccc(Cl)cc2)CCC1.CO. The lowest BCUT2D eigenvalue weighted by molar-refractivity contribution is 0.333. The molecule has 0 radical (unpaired) electrons. The predicted octanol–water partition coefficient (Wildman–Crippen LogP) is 9.74. The minimum atomic E-state index is 0.122. The van der Waals surface area contributed by atoms with Crippen LogP contribution in [0.3, 0.4) is 0 Å². The number of hydrogen-bond donors (Lipinski definition) is 2. The van der Waals surface area contributed by atoms with Crippen LogP contribution < -0.4 is 0 Å². The van der Waals surface area contributed by atoms with Gasteiger partial charge in [-0.2, -0.15) is 0 Å². The summed E-state index contributed by atoms with van der Waals surface area (Å²) in [5, 5.41) is 7.79. The third-order valence-corrected chi connectivity index (χ3v) is 6.61. The van der Waals surface area contributed by atoms with Gasteiger partial charge in [0.15, 0.2) is 0 Å². The fraction of sp³-hybridized carbons (Fsp3) is 0.567. The van der Waals surface area contributed by atoms with E-state index in [1.54, 1.807) is 11.1 Å². The molecule has 3 aliphatic rings. The topological polar surface area (TPSA) is 32.6 Å². The summed E-state index contributed by atoms with van der Waals surface area (Å²) >= 11 is 10.2. The fourth-order valence-corrected chi connectivity index (χ4v) is 4.85. The Balaban J connectivity index is 0.000000574. The maximum absolute atomic E-state index is 7.00. The Labute approximate surface area is 220 Å². The normalized spacial score (nSPS) is 17.3. The zero-order valence-electron chi connectivity index (χ0n) is 22.6. The third kappa shape index (κ3) is 9.76. The van der Waals surface area contributed by atoms with Crippen LogP contribution in [0.4, 0.5) is 0 Å². The molecule has 2 fully saturated rings. The highest BCUT2D eigenvalue weighted by atomic mass is 35.5. The van der Waals surface area contributed by atoms with Gasteiger partial charge in [-0.1, -0.05) is 96.0 Å². The molecule has 0 heterocycles. The average molecular weight is 506 g/mol. The van der Waals surface area contributed by atoms with Crippen LogP contribution in [0, 0.1) is 5.92 Å². The highest BCUT2D eigenvalue weighted by Gasteiger charge is 2.43. The first kappa shape index (κ1) is 32.7. The first-order valence-corrected chi connectivity index (χ1v) is 13.8. The number of halogens is 1. The summed E-state index contributed by atoms with van der Waals surface area (Å²) in [6, 6.07) is 8.23. The van der Waals surface area contributed by atoms with Crippen LogP contribution in [0.25, 0.3) is 0 Å². The lowest BCUT2D eigenvalue weighted by Crippen LogP contribution is -2.42. The van der Waals surface area contributed by atoms with Crippen molar-refractivity contribution in [2.24, 2.45) is 10.3 Å². The van der Waals surface area contributed by atoms with Gasteiger partial charge in [-0.3, -0.25) is 0 Å². The van der Waals surface area contributed by atoms with Crippen LogP contribution in [0.5, 0.6) is 0 Å². The van der Waals surface area contributed by atoms with Crippen molar-refractivity contribution in [2.45, 2.75) is 98.3 Å². The van der Waals surface area contributed by atoms with Crippen molar-refractivity contribution < 1.29 is 5.11 Å². The second-order valence-electron chi connectivity index (χ2n) is 8.53. The lowest BCUT2D eigenvalue weighted by Gasteiger charge is -2.44. The molecule has 34 heavy (non-hydrogen) atoms. The van der Waals surface area contributed by atoms with Gasteiger partial charge in [0.25, 0.3) is 0 Å². The van der Waals surface area contributed by atoms with E-state index < -0.39 is 0 Å². The van der Waals surface area contributed by atoms with E-state index in [4.69, 9.17) is 16.7 Å². The third-order valence-electron chi connectivity index (χ3n) is 6.12. The molecule has 0 atom stereocenters. The number of fused-ring (bicyclic) bond motifs is 1. The summed E-state index contributed by atoms with van der Waals surface area (Å²) in [4.78, 5) is 0. The van der Waals surface area contributed by atoms with Crippen LogP contribution in [0.15, 0.2) is 64.1 Å². The summed E-state index contributed by atoms with van der Waals surface area (Å²) in [7, 11) is 1.00. The van der Waals surface area contributed by atoms with Crippen molar-refractivity contribution in [3.8, 4) is 0 Å². The van der Waals surface area contributed by atoms with Crippen LogP contribution >= 0.6 is 24.4 Å². The van der Waals surface area contributed by atoms with Crippen molar-refractivity contribution in [1.29, 1.82) is 0 Å². The van der Waals surface area contributed by atoms with Crippen molar-refractivity contribution >= 4 is 30.1 Å². The molecule has 1 aromatic carbocycles. The van der Waals surface area contributed by atoms with Crippen LogP contribution in [0.1, 0.15) is 98.5 Å². The minimum absolute atomic E-state index is 0.122. The molecule has 2 nitrogen and oxygen atoms in total. The Bertz CT molecular complexity index is 787. The van der Waals surface area contributed by atoms with Gasteiger partial charge in [-0.25, -0.2) is 4.40 Å². The van der Waals surface area contributed by atoms with E-state index in [0.717, 1.165) is 25.0 Å². The van der Waals surface area contributed by atoms with Gasteiger partial charge in [0, 0.05) is 23.3 Å². The molecule has 0 bridgehead atoms. The summed E-state index contributed by atoms with van der Waals surface area (Å²) in [6.45, 7) is 12.5. The Morgan fingerprint density at radius 2 is 1.59 bits per heavy atom. The minimum Gasteiger partial charge on any atom is -0.400 e. The molecule has 3 aliphatic carbocycles. The number of aliphatic hydroxyl groups is 1. The number of aliphatic hydroxyl groups excluding tert-OH is 1. The molecule has 1 aromatic rings. The van der Waals surface area contributed by atoms with E-state index in [-0.39, 0.29) is 5.41 Å². The fourth-order valence-electron chi connectivity index (χ4n) is 4.45. The highest BCUT2D eigenvalue weighted by Crippen LogP contribution is 2.46. The van der Waals surface area contributed by atoms with E-state index in [9.17, 15) is 0 Å². The standard InChI is InChI=1S/C15H20ClNS.C10H12.2C2H6.CH4O/c1-11(2)10-14(17-18)15(8-3-9-15)12-4-6-13(16)7-5-12;1-2-5-9-7-4-8-10(9)6-3-1;3*1-2/h4-7,11,18H,3,8-10H2,1-2H3;1-2,5-6H,3-4,7-8H2;2*1-2H3;2H,1H3/b17-14+;;;;. The molecule has 4 rings (SSSR count). The molecule has 1 N–H and O–H groups in total. The maximum Gasteiger partial charge on any atom is 0.0406 e. The number of hydrogen-bond acceptors (Lipinski definition) is 3. The first-order chi connectivity index (χ1) is 16.5. The summed E-state index contributed by atoms with van der Waals surface area (Å²) in [5.41, 5.74) is 5.87. The number of benzene rings is 1. The first-order valence-electron chi connectivity index (χ1n) is 13.0. The van der Waals surface area contributed by atoms with Crippen molar-refractivity contribution in [3.63, 3.8) is 0 Å². The van der Waals surface area contributed by atoms with Crippen LogP contribution in [0.2, 0.25) is 5.02 Å². The van der Waals surface area contributed by atoms with Gasteiger partial charge in [0.1, 0.15) is 0 Å². The largest absolute Gasteiger partial charge is 0.400 e. The molecule has 4 heteroatoms. The van der Waals surface area contributed by atoms with Crippen molar-refractivity contribution in [1.82, 2.24) is 0 Å². The second-order valence-corrected chi connectivity index (χ2v) is 9.16. The molecule has 0 amide bonds. The molecule has 0 aliphatic heterocycles. The van der Waals surface area contributed by atoms with Gasteiger partial charge in [0.05, 0.1) is 0 Å². The highest BCUT2D eigenvalue weighted by molar-refractivity contribution is 7.79. The molecule has 0 saturated heterocycles. The smallest absolute Gasteiger partial charge is 0.0406 e. The number of rotatable bonds is 4. The number of allylic oxidation sites excluding steroid dienone is 6. The zero-order valence-corrected chi connectivity index (χ0v) is 24.2. The molecular weight excluding hydrogens is 458 g/mol. The maximum atomic E-state index is 7.00. The molecule has 0 aromatic heterocycles. The zero-order chi connectivity index (χ0) is 26.0. The molecular formula is C30H48ClNOS. The van der Waals surface area contributed by atoms with Crippen molar-refractivity contribution in [3.05, 3.63) is 70.3 Å². The van der Waals surface area contributed by atoms with E-state index in [1.807, 2.05) is 39.8 Å². The van der Waals surface area contributed by atoms with Gasteiger partial charge in [-0.05, 0) is 92.5 Å². The monoisotopic (exact) mass is 505 g/mol. The predicted molar refractivity (Wildman–Crippen MR) is 157 cm³/mol. The Morgan fingerprint density at radius 3 is 2.09 bits per heavy atom. The van der Waals surface area contributed by atoms with Crippen molar-refractivity contribution in [2.75, 3.05) is 7.11 Å². The Kier molecular flexibility index (Phi) is 18.2. The van der Waals surface area contributed by atoms with Gasteiger partial charge >= 0.3 is 0 Å². The number of thiol groups is 1. The van der Waals surface area contributed by atoms with Crippen LogP contribution in [-0.4, -0.2) is 17.9 Å². The Morgan fingerprint density at radius 1 is 1.00 bits per heavy atom. The van der Waals surface area contributed by atoms with Gasteiger partial charge in [-0.15, -0.1) is 0 Å². The Hall–Kier alpha value is -1.29. The molecule has 0 spiro atoms. The van der Waals surface area contributed by atoms with E-state index in [2.05, 4.69) is 67.5 Å². The molecule has 2 saturated carbocycles. The van der Waals surface area contributed by atoms with E-state index in [1.165, 1.54) is 49.8 Å². The van der Waals surface area contributed by atoms with E-state index in [0.29, 0.717) is 5.92 Å². The summed E-state index contributed by atoms with van der Waals surface area (Å²) < 4.78 is 4.30. The second kappa shape index (κ2) is 19.0. The summed E-state index contributed by atoms with van der Waals surface area (Å²) in [5.74, 6) is 0.612. The van der Waals surface area contributed by atoms with Gasteiger partial charge < -0.3 is 5.11 Å².